The van der Waals surface area contributed by atoms with E-state index < -0.39 is 17.5 Å². The molecule has 43 heavy (non-hydrogen) atoms. The van der Waals surface area contributed by atoms with Crippen LogP contribution in [0.4, 0.5) is 0 Å². The van der Waals surface area contributed by atoms with Gasteiger partial charge in [-0.25, -0.2) is 4.79 Å². The molecule has 0 fully saturated rings. The van der Waals surface area contributed by atoms with Crippen LogP contribution in [0.3, 0.4) is 0 Å². The minimum absolute atomic E-state index is 0.254. The average Bonchev–Trinajstić information content (AvgIpc) is 3.28. The number of carbonyl (C=O) groups excluding carboxylic acids is 2. The molecule has 3 aliphatic rings. The van der Waals surface area contributed by atoms with Crippen LogP contribution in [0.1, 0.15) is 62.8 Å². The molecule has 1 aromatic heterocycles. The molecule has 7 nitrogen and oxygen atoms in total. The van der Waals surface area contributed by atoms with Crippen molar-refractivity contribution >= 4 is 22.6 Å². The van der Waals surface area contributed by atoms with Crippen LogP contribution in [0.25, 0.3) is 22.1 Å². The molecule has 0 aliphatic carbocycles. The number of fused-ring (bicyclic) bond motifs is 9. The highest BCUT2D eigenvalue weighted by Gasteiger charge is 2.49. The van der Waals surface area contributed by atoms with Crippen molar-refractivity contribution in [1.29, 1.82) is 0 Å². The lowest BCUT2D eigenvalue weighted by Gasteiger charge is -2.46. The Kier molecular flexibility index (Phi) is 5.84. The van der Waals surface area contributed by atoms with Crippen LogP contribution in [0, 0.1) is 0 Å². The predicted molar refractivity (Wildman–Crippen MR) is 160 cm³/mol. The van der Waals surface area contributed by atoms with Gasteiger partial charge < -0.3 is 13.9 Å². The summed E-state index contributed by atoms with van der Waals surface area (Å²) in [5.41, 5.74) is 3.58. The first-order chi connectivity index (χ1) is 21.0. The van der Waals surface area contributed by atoms with E-state index in [1.54, 1.807) is 30.3 Å². The van der Waals surface area contributed by atoms with E-state index in [2.05, 4.69) is 18.2 Å². The molecule has 7 heteroatoms. The normalized spacial score (nSPS) is 20.0. The molecule has 2 amide bonds. The fraction of sp³-hybridized carbons (Fsp3) is 0.194. The number of ether oxygens (including phenoxy) is 2. The molecule has 8 rings (SSSR count). The van der Waals surface area contributed by atoms with Crippen molar-refractivity contribution in [2.24, 2.45) is 0 Å². The van der Waals surface area contributed by atoms with E-state index >= 15 is 0 Å². The Bertz CT molecular complexity index is 1960. The van der Waals surface area contributed by atoms with Crippen LogP contribution in [0.5, 0.6) is 5.75 Å². The van der Waals surface area contributed by atoms with Crippen molar-refractivity contribution < 1.29 is 23.5 Å². The van der Waals surface area contributed by atoms with Gasteiger partial charge in [-0.15, -0.1) is 0 Å². The number of carbonyl (C=O) groups is 2. The number of nitrogens with zero attached hydrogens (tertiary/aromatic N) is 1. The van der Waals surface area contributed by atoms with Crippen molar-refractivity contribution in [3.05, 3.63) is 135 Å². The molecule has 5 aromatic rings. The summed E-state index contributed by atoms with van der Waals surface area (Å²) in [7, 11) is 0. The second kappa shape index (κ2) is 9.78. The largest absolute Gasteiger partial charge is 0.461 e. The Morgan fingerprint density at radius 1 is 0.791 bits per heavy atom. The van der Waals surface area contributed by atoms with Crippen LogP contribution in [0.15, 0.2) is 106 Å². The summed E-state index contributed by atoms with van der Waals surface area (Å²) in [5, 5.41) is 2.20. The number of imide groups is 1. The lowest BCUT2D eigenvalue weighted by Crippen LogP contribution is -2.50. The molecule has 0 spiro atoms. The summed E-state index contributed by atoms with van der Waals surface area (Å²) in [6.45, 7) is 0.309. The molecule has 212 valence electrons. The number of amides is 2. The number of hydrogen-bond acceptors (Lipinski definition) is 6. The van der Waals surface area contributed by atoms with Crippen molar-refractivity contribution in [3.8, 4) is 17.1 Å². The number of rotatable bonds is 6. The third kappa shape index (κ3) is 4.11. The number of unbranched alkanes of at least 4 members (excludes halogenated alkanes) is 1. The average molecular weight is 570 g/mol. The Morgan fingerprint density at radius 3 is 2.30 bits per heavy atom. The van der Waals surface area contributed by atoms with Gasteiger partial charge in [0.15, 0.2) is 0 Å². The summed E-state index contributed by atoms with van der Waals surface area (Å²) in [6.07, 6.45) is 1.59. The lowest BCUT2D eigenvalue weighted by atomic mass is 9.83. The molecule has 3 aliphatic heterocycles. The molecule has 4 heterocycles. The van der Waals surface area contributed by atoms with E-state index in [1.165, 1.54) is 4.90 Å². The smallest absolute Gasteiger partial charge is 0.346 e. The Labute approximate surface area is 247 Å². The minimum atomic E-state index is -1.03. The van der Waals surface area contributed by atoms with Gasteiger partial charge in [-0.05, 0) is 46.9 Å². The van der Waals surface area contributed by atoms with Gasteiger partial charge in [0.05, 0.1) is 11.1 Å². The van der Waals surface area contributed by atoms with Crippen molar-refractivity contribution in [2.45, 2.75) is 37.6 Å². The maximum Gasteiger partial charge on any atom is 0.346 e. The summed E-state index contributed by atoms with van der Waals surface area (Å²) < 4.78 is 19.2. The summed E-state index contributed by atoms with van der Waals surface area (Å²) in [5.74, 6) is -0.639. The first-order valence-corrected chi connectivity index (χ1v) is 14.6. The molecule has 0 N–H and O–H groups in total. The topological polar surface area (TPSA) is 86.0 Å². The highest BCUT2D eigenvalue weighted by Crippen LogP contribution is 2.50. The van der Waals surface area contributed by atoms with Gasteiger partial charge in [0.25, 0.3) is 11.8 Å². The minimum Gasteiger partial charge on any atom is -0.461 e. The molecule has 2 unspecified atom stereocenters. The van der Waals surface area contributed by atoms with Gasteiger partial charge in [-0.3, -0.25) is 14.5 Å². The van der Waals surface area contributed by atoms with E-state index in [0.717, 1.165) is 27.5 Å². The SMILES string of the molecule is O=C1c2ccccc2C(=O)N1CCCCC12Cc3c(ccc4ccccc34)C(O1)c1c(cc(-c3ccccc3)oc1=O)O2. The van der Waals surface area contributed by atoms with Crippen LogP contribution in [-0.2, 0) is 11.2 Å². The Hall–Kier alpha value is -5.01. The molecular weight excluding hydrogens is 542 g/mol. The van der Waals surface area contributed by atoms with Gasteiger partial charge in [0, 0.05) is 31.0 Å². The van der Waals surface area contributed by atoms with Gasteiger partial charge in [0.1, 0.15) is 23.2 Å². The van der Waals surface area contributed by atoms with Crippen LogP contribution in [0.2, 0.25) is 0 Å². The maximum absolute atomic E-state index is 13.5. The van der Waals surface area contributed by atoms with E-state index in [9.17, 15) is 14.4 Å². The van der Waals surface area contributed by atoms with Crippen molar-refractivity contribution in [1.82, 2.24) is 4.90 Å². The number of hydrogen-bond donors (Lipinski definition) is 0. The lowest BCUT2D eigenvalue weighted by molar-refractivity contribution is -0.233. The van der Waals surface area contributed by atoms with Crippen LogP contribution < -0.4 is 10.4 Å². The molecular formula is C36H27NO6. The maximum atomic E-state index is 13.5. The Balaban J connectivity index is 1.13. The van der Waals surface area contributed by atoms with Gasteiger partial charge >= 0.3 is 5.63 Å². The highest BCUT2D eigenvalue weighted by atomic mass is 16.7. The first kappa shape index (κ1) is 25.7. The molecule has 0 saturated heterocycles. The summed E-state index contributed by atoms with van der Waals surface area (Å²) in [4.78, 5) is 40.6. The molecule has 4 aromatic carbocycles. The van der Waals surface area contributed by atoms with E-state index in [4.69, 9.17) is 13.9 Å². The second-order valence-corrected chi connectivity index (χ2v) is 11.3. The molecule has 0 radical (unpaired) electrons. The summed E-state index contributed by atoms with van der Waals surface area (Å²) in [6, 6.07) is 30.5. The number of benzene rings is 4. The van der Waals surface area contributed by atoms with Gasteiger partial charge in [0.2, 0.25) is 5.79 Å². The zero-order valence-corrected chi connectivity index (χ0v) is 23.2. The predicted octanol–water partition coefficient (Wildman–Crippen LogP) is 6.68. The fourth-order valence-electron chi connectivity index (χ4n) is 6.71. The van der Waals surface area contributed by atoms with E-state index in [1.807, 2.05) is 48.5 Å². The fourth-order valence-corrected chi connectivity index (χ4v) is 6.71. The van der Waals surface area contributed by atoms with Gasteiger partial charge in [-0.2, -0.15) is 0 Å². The Morgan fingerprint density at radius 2 is 1.51 bits per heavy atom. The zero-order valence-electron chi connectivity index (χ0n) is 23.2. The third-order valence-electron chi connectivity index (χ3n) is 8.77. The van der Waals surface area contributed by atoms with Crippen molar-refractivity contribution in [2.75, 3.05) is 6.54 Å². The van der Waals surface area contributed by atoms with Crippen LogP contribution >= 0.6 is 0 Å². The zero-order chi connectivity index (χ0) is 29.1. The highest BCUT2D eigenvalue weighted by molar-refractivity contribution is 6.21. The molecule has 2 bridgehead atoms. The third-order valence-corrected chi connectivity index (χ3v) is 8.77. The molecule has 0 saturated carbocycles. The van der Waals surface area contributed by atoms with Gasteiger partial charge in [-0.1, -0.05) is 78.9 Å². The van der Waals surface area contributed by atoms with E-state index in [-0.39, 0.29) is 11.8 Å². The monoisotopic (exact) mass is 569 g/mol. The second-order valence-electron chi connectivity index (χ2n) is 11.3. The molecule has 2 atom stereocenters. The van der Waals surface area contributed by atoms with Crippen molar-refractivity contribution in [3.63, 3.8) is 0 Å². The van der Waals surface area contributed by atoms with E-state index in [0.29, 0.717) is 60.4 Å². The standard InChI is InChI=1S/C36H27NO6/c38-33-26-14-6-7-15-27(26)34(39)37(33)19-9-8-18-36-21-28-24-13-5-4-10-22(24)16-17-25(28)32(43-36)31-30(42-36)20-29(41-35(31)40)23-11-2-1-3-12-23/h1-7,10-17,20,32H,8-9,18-19,21H2. The van der Waals surface area contributed by atoms with Crippen LogP contribution in [-0.4, -0.2) is 29.0 Å². The summed E-state index contributed by atoms with van der Waals surface area (Å²) >= 11 is 0. The quantitative estimate of drug-likeness (QED) is 0.168. The first-order valence-electron chi connectivity index (χ1n) is 14.6.